The number of rotatable bonds is 2. The fourth-order valence-corrected chi connectivity index (χ4v) is 3.65. The van der Waals surface area contributed by atoms with E-state index in [2.05, 4.69) is 18.7 Å². The highest BCUT2D eigenvalue weighted by Gasteiger charge is 2.32. The van der Waals surface area contributed by atoms with Gasteiger partial charge in [0, 0.05) is 6.04 Å². The molecule has 2 rings (SSSR count). The van der Waals surface area contributed by atoms with Crippen molar-refractivity contribution in [2.24, 2.45) is 11.8 Å². The van der Waals surface area contributed by atoms with Crippen LogP contribution in [0.2, 0.25) is 0 Å². The molecule has 2 aliphatic rings. The van der Waals surface area contributed by atoms with Gasteiger partial charge in [-0.15, -0.1) is 0 Å². The Hall–Kier alpha value is -0.0800. The van der Waals surface area contributed by atoms with E-state index in [-0.39, 0.29) is 6.10 Å². The van der Waals surface area contributed by atoms with Crippen molar-refractivity contribution in [3.63, 3.8) is 0 Å². The third kappa shape index (κ3) is 3.45. The highest BCUT2D eigenvalue weighted by atomic mass is 16.3. The first kappa shape index (κ1) is 13.4. The van der Waals surface area contributed by atoms with Crippen molar-refractivity contribution in [3.8, 4) is 0 Å². The van der Waals surface area contributed by atoms with Crippen molar-refractivity contribution in [1.29, 1.82) is 0 Å². The van der Waals surface area contributed by atoms with Gasteiger partial charge >= 0.3 is 0 Å². The maximum Gasteiger partial charge on any atom is 0.0695 e. The van der Waals surface area contributed by atoms with Crippen molar-refractivity contribution in [2.45, 2.75) is 70.9 Å². The fraction of sp³-hybridized carbons (Fsp3) is 1.00. The topological polar surface area (TPSA) is 23.5 Å². The van der Waals surface area contributed by atoms with Gasteiger partial charge < -0.3 is 5.11 Å². The largest absolute Gasteiger partial charge is 0.391 e. The minimum atomic E-state index is -0.0654. The van der Waals surface area contributed by atoms with Gasteiger partial charge in [0.05, 0.1) is 6.10 Å². The smallest absolute Gasteiger partial charge is 0.0695 e. The lowest BCUT2D eigenvalue weighted by Crippen LogP contribution is -2.47. The van der Waals surface area contributed by atoms with E-state index in [1.54, 1.807) is 0 Å². The van der Waals surface area contributed by atoms with Crippen LogP contribution in [0.15, 0.2) is 0 Å². The third-order valence-corrected chi connectivity index (χ3v) is 4.97. The molecule has 0 bridgehead atoms. The van der Waals surface area contributed by atoms with E-state index < -0.39 is 0 Å². The number of hydrogen-bond acceptors (Lipinski definition) is 2. The SMILES string of the molecule is CCC1CCCN(C2CC(C)CCC2O)CC1. The van der Waals surface area contributed by atoms with Gasteiger partial charge in [0.25, 0.3) is 0 Å². The second kappa shape index (κ2) is 6.19. The summed E-state index contributed by atoms with van der Waals surface area (Å²) in [5, 5.41) is 10.2. The Labute approximate surface area is 106 Å². The molecule has 2 fully saturated rings. The van der Waals surface area contributed by atoms with E-state index in [9.17, 15) is 5.11 Å². The molecule has 2 heteroatoms. The van der Waals surface area contributed by atoms with E-state index in [1.807, 2.05) is 0 Å². The van der Waals surface area contributed by atoms with E-state index in [0.29, 0.717) is 6.04 Å². The van der Waals surface area contributed by atoms with Crippen molar-refractivity contribution >= 4 is 0 Å². The molecule has 2 nitrogen and oxygen atoms in total. The summed E-state index contributed by atoms with van der Waals surface area (Å²) in [6.07, 6.45) is 8.76. The minimum absolute atomic E-state index is 0.0654. The van der Waals surface area contributed by atoms with Gasteiger partial charge in [-0.1, -0.05) is 20.3 Å². The summed E-state index contributed by atoms with van der Waals surface area (Å²) >= 11 is 0. The van der Waals surface area contributed by atoms with Gasteiger partial charge in [0.15, 0.2) is 0 Å². The van der Waals surface area contributed by atoms with Crippen molar-refractivity contribution < 1.29 is 5.11 Å². The molecule has 4 atom stereocenters. The zero-order valence-corrected chi connectivity index (χ0v) is 11.6. The van der Waals surface area contributed by atoms with Crippen LogP contribution in [0.3, 0.4) is 0 Å². The molecule has 17 heavy (non-hydrogen) atoms. The van der Waals surface area contributed by atoms with E-state index in [1.165, 1.54) is 51.6 Å². The maximum atomic E-state index is 10.2. The van der Waals surface area contributed by atoms with Crippen molar-refractivity contribution in [2.75, 3.05) is 13.1 Å². The van der Waals surface area contributed by atoms with E-state index in [0.717, 1.165) is 18.3 Å². The first-order valence-corrected chi connectivity index (χ1v) is 7.62. The van der Waals surface area contributed by atoms with Gasteiger partial charge in [-0.25, -0.2) is 0 Å². The Morgan fingerprint density at radius 1 is 1.12 bits per heavy atom. The Kier molecular flexibility index (Phi) is 4.87. The first-order valence-electron chi connectivity index (χ1n) is 7.62. The second-order valence-electron chi connectivity index (χ2n) is 6.29. The van der Waals surface area contributed by atoms with Crippen LogP contribution in [0.1, 0.15) is 58.8 Å². The number of aliphatic hydroxyl groups is 1. The predicted molar refractivity (Wildman–Crippen MR) is 72.0 cm³/mol. The summed E-state index contributed by atoms with van der Waals surface area (Å²) in [5.74, 6) is 1.73. The monoisotopic (exact) mass is 239 g/mol. The number of nitrogens with zero attached hydrogens (tertiary/aromatic N) is 1. The average Bonchev–Trinajstić information content (AvgIpc) is 2.57. The van der Waals surface area contributed by atoms with Gasteiger partial charge in [-0.2, -0.15) is 0 Å². The molecule has 1 aliphatic heterocycles. The lowest BCUT2D eigenvalue weighted by atomic mass is 9.84. The molecule has 1 aliphatic carbocycles. The van der Waals surface area contributed by atoms with Gasteiger partial charge in [0.2, 0.25) is 0 Å². The molecule has 0 spiro atoms. The molecular weight excluding hydrogens is 210 g/mol. The molecule has 100 valence electrons. The number of aliphatic hydroxyl groups excluding tert-OH is 1. The van der Waals surface area contributed by atoms with E-state index in [4.69, 9.17) is 0 Å². The second-order valence-corrected chi connectivity index (χ2v) is 6.29. The fourth-order valence-electron chi connectivity index (χ4n) is 3.65. The summed E-state index contributed by atoms with van der Waals surface area (Å²) < 4.78 is 0. The summed E-state index contributed by atoms with van der Waals surface area (Å²) in [6.45, 7) is 7.08. The Bertz CT molecular complexity index is 231. The van der Waals surface area contributed by atoms with Crippen LogP contribution in [0.4, 0.5) is 0 Å². The van der Waals surface area contributed by atoms with Gasteiger partial charge in [-0.3, -0.25) is 4.90 Å². The quantitative estimate of drug-likeness (QED) is 0.800. The summed E-state index contributed by atoms with van der Waals surface area (Å²) in [5.41, 5.74) is 0. The molecule has 0 radical (unpaired) electrons. The average molecular weight is 239 g/mol. The number of hydrogen-bond donors (Lipinski definition) is 1. The molecule has 0 aromatic carbocycles. The summed E-state index contributed by atoms with van der Waals surface area (Å²) in [4.78, 5) is 2.59. The normalized spacial score (nSPS) is 41.1. The van der Waals surface area contributed by atoms with Crippen LogP contribution < -0.4 is 0 Å². The summed E-state index contributed by atoms with van der Waals surface area (Å²) in [7, 11) is 0. The summed E-state index contributed by atoms with van der Waals surface area (Å²) in [6, 6.07) is 0.453. The Balaban J connectivity index is 1.91. The van der Waals surface area contributed by atoms with Gasteiger partial charge in [0.1, 0.15) is 0 Å². The molecule has 1 saturated heterocycles. The van der Waals surface area contributed by atoms with Crippen LogP contribution in [0.5, 0.6) is 0 Å². The van der Waals surface area contributed by atoms with Crippen LogP contribution in [-0.4, -0.2) is 35.2 Å². The number of likely N-dealkylation sites (tertiary alicyclic amines) is 1. The van der Waals surface area contributed by atoms with Crippen LogP contribution in [-0.2, 0) is 0 Å². The third-order valence-electron chi connectivity index (χ3n) is 4.97. The van der Waals surface area contributed by atoms with Crippen LogP contribution >= 0.6 is 0 Å². The van der Waals surface area contributed by atoms with Crippen molar-refractivity contribution in [3.05, 3.63) is 0 Å². The lowest BCUT2D eigenvalue weighted by Gasteiger charge is -2.39. The molecule has 4 unspecified atom stereocenters. The molecule has 0 aromatic rings. The molecule has 1 saturated carbocycles. The van der Waals surface area contributed by atoms with Crippen LogP contribution in [0, 0.1) is 11.8 Å². The van der Waals surface area contributed by atoms with Crippen LogP contribution in [0.25, 0.3) is 0 Å². The van der Waals surface area contributed by atoms with E-state index >= 15 is 0 Å². The Morgan fingerprint density at radius 3 is 2.71 bits per heavy atom. The Morgan fingerprint density at radius 2 is 1.94 bits per heavy atom. The molecule has 1 heterocycles. The predicted octanol–water partition coefficient (Wildman–Crippen LogP) is 3.05. The molecule has 0 aromatic heterocycles. The zero-order valence-electron chi connectivity index (χ0n) is 11.6. The first-order chi connectivity index (χ1) is 8.20. The molecule has 0 amide bonds. The lowest BCUT2D eigenvalue weighted by molar-refractivity contribution is 0.00664. The van der Waals surface area contributed by atoms with Gasteiger partial charge in [-0.05, 0) is 63.5 Å². The van der Waals surface area contributed by atoms with Crippen molar-refractivity contribution in [1.82, 2.24) is 4.90 Å². The highest BCUT2D eigenvalue weighted by molar-refractivity contribution is 4.87. The highest BCUT2D eigenvalue weighted by Crippen LogP contribution is 2.30. The standard InChI is InChI=1S/C15H29NO/c1-3-13-5-4-9-16(10-8-13)14-11-12(2)6-7-15(14)17/h12-15,17H,3-11H2,1-2H3. The maximum absolute atomic E-state index is 10.2. The zero-order chi connectivity index (χ0) is 12.3. The molecule has 1 N–H and O–H groups in total. The minimum Gasteiger partial charge on any atom is -0.391 e. The molecular formula is C15H29NO.